The Bertz CT molecular complexity index is 273. The van der Waals surface area contributed by atoms with Gasteiger partial charge in [0, 0.05) is 12.6 Å². The Labute approximate surface area is 84.1 Å². The van der Waals surface area contributed by atoms with Gasteiger partial charge in [-0.1, -0.05) is 0 Å². The third kappa shape index (κ3) is 2.13. The molecule has 1 aromatic heterocycles. The van der Waals surface area contributed by atoms with Gasteiger partial charge in [-0.15, -0.1) is 0 Å². The summed E-state index contributed by atoms with van der Waals surface area (Å²) in [5, 5.41) is 0. The Morgan fingerprint density at radius 3 is 3.21 bits per heavy atom. The monoisotopic (exact) mass is 195 g/mol. The van der Waals surface area contributed by atoms with Crippen LogP contribution in [0.1, 0.15) is 12.1 Å². The van der Waals surface area contributed by atoms with E-state index < -0.39 is 0 Å². The van der Waals surface area contributed by atoms with E-state index in [1.165, 1.54) is 6.39 Å². The molecule has 0 bridgehead atoms. The van der Waals surface area contributed by atoms with Crippen LogP contribution in [-0.2, 0) is 6.42 Å². The summed E-state index contributed by atoms with van der Waals surface area (Å²) in [6.07, 6.45) is 5.30. The summed E-state index contributed by atoms with van der Waals surface area (Å²) in [5.41, 5.74) is 7.11. The maximum atomic E-state index is 6.09. The number of nitrogens with two attached hydrogens (primary N) is 1. The molecule has 2 rings (SSSR count). The zero-order valence-electron chi connectivity index (χ0n) is 8.52. The smallest absolute Gasteiger partial charge is 0.180 e. The lowest BCUT2D eigenvalue weighted by molar-refractivity contribution is 0.189. The maximum absolute atomic E-state index is 6.09. The molecule has 0 amide bonds. The first kappa shape index (κ1) is 9.68. The number of hydrogen-bond donors (Lipinski definition) is 1. The molecule has 1 aliphatic rings. The van der Waals surface area contributed by atoms with E-state index in [1.54, 1.807) is 6.26 Å². The summed E-state index contributed by atoms with van der Waals surface area (Å²) in [5.74, 6) is 0.552. The Hall–Kier alpha value is -0.870. The zero-order valence-corrected chi connectivity index (χ0v) is 8.52. The van der Waals surface area contributed by atoms with Gasteiger partial charge in [0.25, 0.3) is 0 Å². The number of rotatable bonds is 2. The topological polar surface area (TPSA) is 55.3 Å². The second-order valence-electron chi connectivity index (χ2n) is 4.16. The van der Waals surface area contributed by atoms with Gasteiger partial charge in [-0.25, -0.2) is 4.98 Å². The number of likely N-dealkylation sites (tertiary alicyclic amines) is 1. The summed E-state index contributed by atoms with van der Waals surface area (Å²) in [6, 6.07) is 0.269. The molecule has 1 aliphatic heterocycles. The Balaban J connectivity index is 1.92. The molecule has 0 radical (unpaired) electrons. The van der Waals surface area contributed by atoms with Crippen LogP contribution >= 0.6 is 0 Å². The minimum Gasteiger partial charge on any atom is -0.451 e. The van der Waals surface area contributed by atoms with Gasteiger partial charge in [0.05, 0.1) is 5.69 Å². The fraction of sp³-hybridized carbons (Fsp3) is 0.700. The molecule has 1 fully saturated rings. The van der Waals surface area contributed by atoms with E-state index >= 15 is 0 Å². The van der Waals surface area contributed by atoms with Gasteiger partial charge in [0.2, 0.25) is 0 Å². The summed E-state index contributed by atoms with van der Waals surface area (Å²) in [4.78, 5) is 6.41. The second kappa shape index (κ2) is 4.11. The van der Waals surface area contributed by atoms with Crippen LogP contribution in [0.3, 0.4) is 0 Å². The van der Waals surface area contributed by atoms with Crippen LogP contribution in [-0.4, -0.2) is 36.1 Å². The molecule has 0 spiro atoms. The summed E-state index contributed by atoms with van der Waals surface area (Å²) in [7, 11) is 2.12. The molecular weight excluding hydrogens is 178 g/mol. The highest BCUT2D eigenvalue weighted by molar-refractivity contribution is 4.96. The summed E-state index contributed by atoms with van der Waals surface area (Å²) < 4.78 is 4.95. The largest absolute Gasteiger partial charge is 0.451 e. The van der Waals surface area contributed by atoms with Crippen LogP contribution in [0, 0.1) is 5.92 Å². The number of nitrogens with zero attached hydrogens (tertiary/aromatic N) is 2. The molecule has 1 saturated heterocycles. The molecule has 14 heavy (non-hydrogen) atoms. The van der Waals surface area contributed by atoms with Gasteiger partial charge >= 0.3 is 0 Å². The fourth-order valence-electron chi connectivity index (χ4n) is 2.06. The van der Waals surface area contributed by atoms with Gasteiger partial charge in [-0.3, -0.25) is 0 Å². The van der Waals surface area contributed by atoms with E-state index in [2.05, 4.69) is 16.9 Å². The van der Waals surface area contributed by atoms with E-state index in [-0.39, 0.29) is 6.04 Å². The molecule has 2 heterocycles. The van der Waals surface area contributed by atoms with Gasteiger partial charge in [0.15, 0.2) is 6.39 Å². The van der Waals surface area contributed by atoms with Crippen LogP contribution in [0.5, 0.6) is 0 Å². The molecule has 4 heteroatoms. The summed E-state index contributed by atoms with van der Waals surface area (Å²) in [6.45, 7) is 2.12. The van der Waals surface area contributed by atoms with Crippen molar-refractivity contribution in [1.29, 1.82) is 0 Å². The van der Waals surface area contributed by atoms with Crippen molar-refractivity contribution in [1.82, 2.24) is 9.88 Å². The molecule has 0 aliphatic carbocycles. The molecule has 2 unspecified atom stereocenters. The number of aromatic nitrogens is 1. The maximum Gasteiger partial charge on any atom is 0.180 e. The summed E-state index contributed by atoms with van der Waals surface area (Å²) >= 11 is 0. The lowest BCUT2D eigenvalue weighted by Gasteiger charge is -2.34. The van der Waals surface area contributed by atoms with Crippen molar-refractivity contribution in [2.24, 2.45) is 11.7 Å². The first-order chi connectivity index (χ1) is 6.75. The highest BCUT2D eigenvalue weighted by atomic mass is 16.3. The van der Waals surface area contributed by atoms with Gasteiger partial charge in [-0.2, -0.15) is 0 Å². The molecule has 78 valence electrons. The number of likely N-dealkylation sites (N-methyl/N-ethyl adjacent to an activating group) is 1. The Kier molecular flexibility index (Phi) is 2.84. The fourth-order valence-corrected chi connectivity index (χ4v) is 2.06. The zero-order chi connectivity index (χ0) is 9.97. The number of hydrogen-bond acceptors (Lipinski definition) is 4. The Morgan fingerprint density at radius 2 is 2.57 bits per heavy atom. The molecule has 2 N–H and O–H groups in total. The normalized spacial score (nSPS) is 29.3. The number of piperidine rings is 1. The van der Waals surface area contributed by atoms with Crippen molar-refractivity contribution >= 4 is 0 Å². The standard InChI is InChI=1S/C10H17N3O/c1-13-3-2-8(10(11)5-13)4-9-6-14-7-12-9/h6-8,10H,2-5,11H2,1H3. The van der Waals surface area contributed by atoms with Crippen LogP contribution in [0.2, 0.25) is 0 Å². The first-order valence-electron chi connectivity index (χ1n) is 5.07. The van der Waals surface area contributed by atoms with E-state index in [1.807, 2.05) is 0 Å². The van der Waals surface area contributed by atoms with Crippen LogP contribution < -0.4 is 5.73 Å². The van der Waals surface area contributed by atoms with Crippen LogP contribution in [0.25, 0.3) is 0 Å². The van der Waals surface area contributed by atoms with Crippen molar-refractivity contribution in [3.8, 4) is 0 Å². The van der Waals surface area contributed by atoms with Crippen molar-refractivity contribution in [3.05, 3.63) is 18.4 Å². The molecule has 0 aromatic carbocycles. The van der Waals surface area contributed by atoms with E-state index in [0.717, 1.165) is 31.6 Å². The van der Waals surface area contributed by atoms with E-state index in [9.17, 15) is 0 Å². The van der Waals surface area contributed by atoms with Crippen LogP contribution in [0.4, 0.5) is 0 Å². The number of oxazole rings is 1. The van der Waals surface area contributed by atoms with Gasteiger partial charge in [-0.05, 0) is 32.4 Å². The molecule has 4 nitrogen and oxygen atoms in total. The van der Waals surface area contributed by atoms with Gasteiger partial charge < -0.3 is 15.1 Å². The average Bonchev–Trinajstić information content (AvgIpc) is 2.62. The first-order valence-corrected chi connectivity index (χ1v) is 5.07. The second-order valence-corrected chi connectivity index (χ2v) is 4.16. The van der Waals surface area contributed by atoms with Crippen molar-refractivity contribution in [2.45, 2.75) is 18.9 Å². The molecule has 0 saturated carbocycles. The molecular formula is C10H17N3O. The van der Waals surface area contributed by atoms with Crippen molar-refractivity contribution in [3.63, 3.8) is 0 Å². The van der Waals surface area contributed by atoms with Gasteiger partial charge in [0.1, 0.15) is 6.26 Å². The molecule has 2 atom stereocenters. The van der Waals surface area contributed by atoms with E-state index in [4.69, 9.17) is 10.2 Å². The highest BCUT2D eigenvalue weighted by Gasteiger charge is 2.25. The molecule has 1 aromatic rings. The average molecular weight is 195 g/mol. The van der Waals surface area contributed by atoms with Crippen molar-refractivity contribution in [2.75, 3.05) is 20.1 Å². The quantitative estimate of drug-likeness (QED) is 0.746. The lowest BCUT2D eigenvalue weighted by Crippen LogP contribution is -2.47. The lowest BCUT2D eigenvalue weighted by atomic mass is 9.88. The highest BCUT2D eigenvalue weighted by Crippen LogP contribution is 2.19. The van der Waals surface area contributed by atoms with E-state index in [0.29, 0.717) is 5.92 Å². The third-order valence-corrected chi connectivity index (χ3v) is 2.96. The Morgan fingerprint density at radius 1 is 1.71 bits per heavy atom. The predicted octanol–water partition coefficient (Wildman–Crippen LogP) is 0.496. The van der Waals surface area contributed by atoms with Crippen molar-refractivity contribution < 1.29 is 4.42 Å². The third-order valence-electron chi connectivity index (χ3n) is 2.96. The van der Waals surface area contributed by atoms with Crippen LogP contribution in [0.15, 0.2) is 17.1 Å². The predicted molar refractivity (Wildman–Crippen MR) is 53.8 cm³/mol. The minimum absolute atomic E-state index is 0.269. The SMILES string of the molecule is CN1CCC(Cc2cocn2)C(N)C1. The minimum atomic E-state index is 0.269.